The predicted molar refractivity (Wildman–Crippen MR) is 110 cm³/mol. The van der Waals surface area contributed by atoms with E-state index in [1.807, 2.05) is 42.5 Å². The molecule has 29 heavy (non-hydrogen) atoms. The van der Waals surface area contributed by atoms with E-state index >= 15 is 0 Å². The maximum absolute atomic E-state index is 13.0. The topological polar surface area (TPSA) is 73.9 Å². The Labute approximate surface area is 169 Å². The van der Waals surface area contributed by atoms with Crippen molar-refractivity contribution < 1.29 is 9.53 Å². The van der Waals surface area contributed by atoms with Crippen molar-refractivity contribution in [2.24, 2.45) is 0 Å². The van der Waals surface area contributed by atoms with Crippen molar-refractivity contribution in [2.75, 3.05) is 0 Å². The van der Waals surface area contributed by atoms with Crippen LogP contribution in [0.1, 0.15) is 32.6 Å². The van der Waals surface area contributed by atoms with Crippen LogP contribution in [0.15, 0.2) is 90.7 Å². The van der Waals surface area contributed by atoms with Crippen molar-refractivity contribution in [3.8, 4) is 12.1 Å². The van der Waals surface area contributed by atoms with Gasteiger partial charge in [-0.2, -0.15) is 10.5 Å². The van der Waals surface area contributed by atoms with Crippen LogP contribution in [0, 0.1) is 22.7 Å². The Morgan fingerprint density at radius 2 is 1.34 bits per heavy atom. The molecule has 0 unspecified atom stereocenters. The van der Waals surface area contributed by atoms with Gasteiger partial charge < -0.3 is 4.74 Å². The summed E-state index contributed by atoms with van der Waals surface area (Å²) in [4.78, 5) is 13.0. The minimum atomic E-state index is -0.102. The summed E-state index contributed by atoms with van der Waals surface area (Å²) in [7, 11) is 0. The third kappa shape index (κ3) is 5.42. The van der Waals surface area contributed by atoms with Gasteiger partial charge in [0.15, 0.2) is 5.78 Å². The SMILES string of the molecule is N#Cc1ccc(COC=C(Cc2ccc(C#N)cc2)C(=O)c2ccccc2)cc1. The number of benzene rings is 3. The number of ketones is 1. The fourth-order valence-electron chi connectivity index (χ4n) is 2.78. The van der Waals surface area contributed by atoms with E-state index < -0.39 is 0 Å². The van der Waals surface area contributed by atoms with E-state index in [1.165, 1.54) is 6.26 Å². The highest BCUT2D eigenvalue weighted by Crippen LogP contribution is 2.16. The molecule has 0 fully saturated rings. The number of carbonyl (C=O) groups is 1. The lowest BCUT2D eigenvalue weighted by atomic mass is 9.97. The Balaban J connectivity index is 1.78. The van der Waals surface area contributed by atoms with Gasteiger partial charge in [0, 0.05) is 17.6 Å². The standard InChI is InChI=1S/C25H18N2O2/c26-15-20-8-6-19(7-9-20)14-24(25(28)23-4-2-1-3-5-23)18-29-17-22-12-10-21(16-27)11-13-22/h1-13,18H,14,17H2. The third-order valence-electron chi connectivity index (χ3n) is 4.36. The summed E-state index contributed by atoms with van der Waals surface area (Å²) in [6, 6.07) is 27.5. The fourth-order valence-corrected chi connectivity index (χ4v) is 2.78. The van der Waals surface area contributed by atoms with Crippen LogP contribution in [0.2, 0.25) is 0 Å². The molecular weight excluding hydrogens is 360 g/mol. The lowest BCUT2D eigenvalue weighted by molar-refractivity contribution is 0.102. The minimum absolute atomic E-state index is 0.102. The zero-order chi connectivity index (χ0) is 20.5. The minimum Gasteiger partial charge on any atom is -0.496 e. The van der Waals surface area contributed by atoms with E-state index in [-0.39, 0.29) is 5.78 Å². The molecule has 140 valence electrons. The lowest BCUT2D eigenvalue weighted by Crippen LogP contribution is -2.07. The number of allylic oxidation sites excluding steroid dienone is 1. The van der Waals surface area contributed by atoms with Gasteiger partial charge in [-0.1, -0.05) is 54.6 Å². The van der Waals surface area contributed by atoms with E-state index in [1.54, 1.807) is 36.4 Å². The van der Waals surface area contributed by atoms with Gasteiger partial charge in [-0.25, -0.2) is 0 Å². The van der Waals surface area contributed by atoms with E-state index in [0.717, 1.165) is 11.1 Å². The second-order valence-electron chi connectivity index (χ2n) is 6.44. The summed E-state index contributed by atoms with van der Waals surface area (Å²) in [5, 5.41) is 17.8. The van der Waals surface area contributed by atoms with Crippen molar-refractivity contribution in [3.05, 3.63) is 119 Å². The maximum atomic E-state index is 13.0. The van der Waals surface area contributed by atoms with E-state index in [2.05, 4.69) is 12.1 Å². The van der Waals surface area contributed by atoms with Crippen LogP contribution >= 0.6 is 0 Å². The van der Waals surface area contributed by atoms with E-state index in [0.29, 0.717) is 35.3 Å². The highest BCUT2D eigenvalue weighted by atomic mass is 16.5. The largest absolute Gasteiger partial charge is 0.496 e. The molecule has 4 heteroatoms. The van der Waals surface area contributed by atoms with Crippen LogP contribution in [0.25, 0.3) is 0 Å². The Hall–Kier alpha value is -4.15. The Morgan fingerprint density at radius 1 is 0.793 bits per heavy atom. The number of rotatable bonds is 7. The monoisotopic (exact) mass is 378 g/mol. The van der Waals surface area contributed by atoms with Crippen LogP contribution in [0.3, 0.4) is 0 Å². The highest BCUT2D eigenvalue weighted by Gasteiger charge is 2.13. The first kappa shape index (κ1) is 19.6. The highest BCUT2D eigenvalue weighted by molar-refractivity contribution is 6.08. The van der Waals surface area contributed by atoms with Gasteiger partial charge in [0.25, 0.3) is 0 Å². The van der Waals surface area contributed by atoms with E-state index in [9.17, 15) is 4.79 Å². The number of carbonyl (C=O) groups excluding carboxylic acids is 1. The summed E-state index contributed by atoms with van der Waals surface area (Å²) in [6.45, 7) is 0.296. The van der Waals surface area contributed by atoms with Gasteiger partial charge in [-0.05, 0) is 35.4 Å². The number of hydrogen-bond acceptors (Lipinski definition) is 4. The fraction of sp³-hybridized carbons (Fsp3) is 0.0800. The molecule has 0 bridgehead atoms. The second kappa shape index (κ2) is 9.69. The van der Waals surface area contributed by atoms with Gasteiger partial charge >= 0.3 is 0 Å². The van der Waals surface area contributed by atoms with Gasteiger partial charge in [0.2, 0.25) is 0 Å². The Morgan fingerprint density at radius 3 is 1.90 bits per heavy atom. The number of ether oxygens (including phenoxy) is 1. The van der Waals surface area contributed by atoms with Gasteiger partial charge in [-0.15, -0.1) is 0 Å². The van der Waals surface area contributed by atoms with Crippen LogP contribution in [-0.4, -0.2) is 5.78 Å². The number of hydrogen-bond donors (Lipinski definition) is 0. The predicted octanol–water partition coefficient (Wildman–Crippen LogP) is 4.96. The number of nitriles is 2. The molecule has 3 rings (SSSR count). The molecule has 3 aromatic rings. The Bertz CT molecular complexity index is 1080. The molecule has 4 nitrogen and oxygen atoms in total. The normalized spacial score (nSPS) is 10.6. The van der Waals surface area contributed by atoms with Crippen LogP contribution in [-0.2, 0) is 17.8 Å². The Kier molecular flexibility index (Phi) is 6.55. The molecule has 0 N–H and O–H groups in total. The molecule has 0 saturated carbocycles. The first-order valence-corrected chi connectivity index (χ1v) is 9.08. The first-order chi connectivity index (χ1) is 14.2. The molecule has 3 aromatic carbocycles. The average molecular weight is 378 g/mol. The molecule has 0 heterocycles. The van der Waals surface area contributed by atoms with Gasteiger partial charge in [0.1, 0.15) is 6.61 Å². The molecule has 0 aliphatic heterocycles. The van der Waals surface area contributed by atoms with Crippen LogP contribution < -0.4 is 0 Å². The first-order valence-electron chi connectivity index (χ1n) is 9.08. The van der Waals surface area contributed by atoms with Crippen molar-refractivity contribution in [3.63, 3.8) is 0 Å². The van der Waals surface area contributed by atoms with Crippen molar-refractivity contribution in [1.29, 1.82) is 10.5 Å². The summed E-state index contributed by atoms with van der Waals surface area (Å²) in [6.07, 6.45) is 1.90. The molecule has 0 radical (unpaired) electrons. The van der Waals surface area contributed by atoms with Crippen molar-refractivity contribution in [2.45, 2.75) is 13.0 Å². The zero-order valence-electron chi connectivity index (χ0n) is 15.7. The summed E-state index contributed by atoms with van der Waals surface area (Å²) >= 11 is 0. The van der Waals surface area contributed by atoms with Gasteiger partial charge in [0.05, 0.1) is 29.5 Å². The summed E-state index contributed by atoms with van der Waals surface area (Å²) < 4.78 is 5.70. The second-order valence-corrected chi connectivity index (χ2v) is 6.44. The number of nitrogens with zero attached hydrogens (tertiary/aromatic N) is 2. The molecule has 0 aliphatic rings. The van der Waals surface area contributed by atoms with Crippen molar-refractivity contribution >= 4 is 5.78 Å². The summed E-state index contributed by atoms with van der Waals surface area (Å²) in [5.41, 5.74) is 4.10. The maximum Gasteiger partial charge on any atom is 0.192 e. The van der Waals surface area contributed by atoms with Gasteiger partial charge in [-0.3, -0.25) is 4.79 Å². The molecule has 0 aliphatic carbocycles. The third-order valence-corrected chi connectivity index (χ3v) is 4.36. The van der Waals surface area contributed by atoms with E-state index in [4.69, 9.17) is 15.3 Å². The smallest absolute Gasteiger partial charge is 0.192 e. The molecular formula is C25H18N2O2. The summed E-state index contributed by atoms with van der Waals surface area (Å²) in [5.74, 6) is -0.102. The lowest BCUT2D eigenvalue weighted by Gasteiger charge is -2.09. The molecule has 0 amide bonds. The van der Waals surface area contributed by atoms with Crippen molar-refractivity contribution in [1.82, 2.24) is 0 Å². The molecule has 0 atom stereocenters. The molecule has 0 saturated heterocycles. The molecule has 0 aromatic heterocycles. The van der Waals surface area contributed by atoms with Crippen LogP contribution in [0.5, 0.6) is 0 Å². The zero-order valence-corrected chi connectivity index (χ0v) is 15.7. The molecule has 0 spiro atoms. The number of Topliss-reactive ketones (excluding diaryl/α,β-unsaturated/α-hetero) is 1. The average Bonchev–Trinajstić information content (AvgIpc) is 2.79. The quantitative estimate of drug-likeness (QED) is 0.331. The van der Waals surface area contributed by atoms with Crippen LogP contribution in [0.4, 0.5) is 0 Å².